The Hall–Kier alpha value is -1.85. The predicted octanol–water partition coefficient (Wildman–Crippen LogP) is 5.51. The molecule has 3 aromatic rings. The zero-order valence-electron chi connectivity index (χ0n) is 14.7. The van der Waals surface area contributed by atoms with Crippen LogP contribution in [0.3, 0.4) is 0 Å². The van der Waals surface area contributed by atoms with Crippen LogP contribution in [0.4, 0.5) is 0 Å². The highest BCUT2D eigenvalue weighted by atomic mass is 35.5. The highest BCUT2D eigenvalue weighted by Gasteiger charge is 2.23. The Labute approximate surface area is 170 Å². The number of sulfonamides is 1. The molecule has 0 spiro atoms. The topological polar surface area (TPSA) is 46.2 Å². The minimum atomic E-state index is -3.66. The van der Waals surface area contributed by atoms with Crippen LogP contribution in [0.5, 0.6) is 0 Å². The Bertz CT molecular complexity index is 1040. The van der Waals surface area contributed by atoms with Gasteiger partial charge in [0, 0.05) is 10.0 Å². The average Bonchev–Trinajstić information content (AvgIpc) is 2.63. The Kier molecular flexibility index (Phi) is 6.22. The van der Waals surface area contributed by atoms with Gasteiger partial charge in [0.2, 0.25) is 10.0 Å². The number of hydrogen-bond donors (Lipinski definition) is 1. The molecule has 0 saturated carbocycles. The predicted molar refractivity (Wildman–Crippen MR) is 112 cm³/mol. The van der Waals surface area contributed by atoms with Gasteiger partial charge in [-0.05, 0) is 41.3 Å². The van der Waals surface area contributed by atoms with E-state index in [1.165, 1.54) is 0 Å². The second kappa shape index (κ2) is 8.44. The summed E-state index contributed by atoms with van der Waals surface area (Å²) in [6.45, 7) is 1.97. The van der Waals surface area contributed by atoms with Crippen LogP contribution in [0.1, 0.15) is 28.3 Å². The number of hydrogen-bond acceptors (Lipinski definition) is 2. The van der Waals surface area contributed by atoms with Crippen molar-refractivity contribution in [1.82, 2.24) is 4.72 Å². The Morgan fingerprint density at radius 3 is 2.26 bits per heavy atom. The summed E-state index contributed by atoms with van der Waals surface area (Å²) in [6.07, 6.45) is 0. The van der Waals surface area contributed by atoms with Crippen molar-refractivity contribution >= 4 is 33.2 Å². The van der Waals surface area contributed by atoms with Gasteiger partial charge in [-0.15, -0.1) is 0 Å². The maximum atomic E-state index is 12.9. The van der Waals surface area contributed by atoms with Crippen molar-refractivity contribution in [3.8, 4) is 0 Å². The van der Waals surface area contributed by atoms with E-state index in [2.05, 4.69) is 4.72 Å². The lowest BCUT2D eigenvalue weighted by Gasteiger charge is -2.22. The highest BCUT2D eigenvalue weighted by Crippen LogP contribution is 2.27. The largest absolute Gasteiger partial charge is 0.216 e. The molecule has 27 heavy (non-hydrogen) atoms. The highest BCUT2D eigenvalue weighted by molar-refractivity contribution is 7.88. The Balaban J connectivity index is 1.95. The fourth-order valence-electron chi connectivity index (χ4n) is 2.93. The molecule has 6 heteroatoms. The van der Waals surface area contributed by atoms with Gasteiger partial charge >= 0.3 is 0 Å². The fourth-order valence-corrected chi connectivity index (χ4v) is 4.85. The third-order valence-corrected chi connectivity index (χ3v) is 6.16. The summed E-state index contributed by atoms with van der Waals surface area (Å²) in [5.74, 6) is -0.224. The summed E-state index contributed by atoms with van der Waals surface area (Å²) in [5, 5.41) is 0.802. The van der Waals surface area contributed by atoms with E-state index in [1.807, 2.05) is 61.5 Å². The summed E-state index contributed by atoms with van der Waals surface area (Å²) in [5.41, 5.74) is 3.30. The zero-order valence-corrected chi connectivity index (χ0v) is 17.0. The van der Waals surface area contributed by atoms with E-state index >= 15 is 0 Å². The molecule has 0 aliphatic rings. The average molecular weight is 420 g/mol. The molecule has 0 saturated heterocycles. The molecule has 0 aliphatic heterocycles. The van der Waals surface area contributed by atoms with E-state index in [0.29, 0.717) is 15.6 Å². The molecule has 0 fully saturated rings. The van der Waals surface area contributed by atoms with Crippen LogP contribution in [0.2, 0.25) is 10.0 Å². The molecule has 140 valence electrons. The molecule has 1 atom stereocenters. The summed E-state index contributed by atoms with van der Waals surface area (Å²) < 4.78 is 28.6. The van der Waals surface area contributed by atoms with Crippen molar-refractivity contribution < 1.29 is 8.42 Å². The molecule has 0 amide bonds. The van der Waals surface area contributed by atoms with Gasteiger partial charge < -0.3 is 0 Å². The quantitative estimate of drug-likeness (QED) is 0.572. The van der Waals surface area contributed by atoms with E-state index in [-0.39, 0.29) is 5.75 Å². The number of halogens is 2. The summed E-state index contributed by atoms with van der Waals surface area (Å²) >= 11 is 12.1. The van der Waals surface area contributed by atoms with Gasteiger partial charge in [0.1, 0.15) is 0 Å². The molecule has 1 unspecified atom stereocenters. The monoisotopic (exact) mass is 419 g/mol. The second-order valence-corrected chi connectivity index (χ2v) is 8.91. The second-order valence-electron chi connectivity index (χ2n) is 6.31. The fraction of sp³-hybridized carbons (Fsp3) is 0.143. The maximum Gasteiger partial charge on any atom is 0.216 e. The van der Waals surface area contributed by atoms with Gasteiger partial charge in [-0.1, -0.05) is 83.9 Å². The van der Waals surface area contributed by atoms with Gasteiger partial charge in [-0.25, -0.2) is 13.1 Å². The summed E-state index contributed by atoms with van der Waals surface area (Å²) in [6, 6.07) is 21.6. The third-order valence-electron chi connectivity index (χ3n) is 4.29. The smallest absolute Gasteiger partial charge is 0.212 e. The van der Waals surface area contributed by atoms with E-state index < -0.39 is 16.1 Å². The molecule has 1 N–H and O–H groups in total. The van der Waals surface area contributed by atoms with Crippen molar-refractivity contribution in [2.75, 3.05) is 0 Å². The van der Waals surface area contributed by atoms with E-state index in [1.54, 1.807) is 18.2 Å². The number of benzene rings is 3. The third kappa shape index (κ3) is 5.11. The van der Waals surface area contributed by atoms with Crippen molar-refractivity contribution in [3.05, 3.63) is 105 Å². The molecule has 0 bridgehead atoms. The lowest BCUT2D eigenvalue weighted by atomic mass is 9.96. The molecule has 0 heterocycles. The van der Waals surface area contributed by atoms with Gasteiger partial charge in [-0.3, -0.25) is 0 Å². The minimum absolute atomic E-state index is 0.224. The molecule has 0 aromatic heterocycles. The van der Waals surface area contributed by atoms with Crippen LogP contribution in [0.15, 0.2) is 72.8 Å². The number of rotatable bonds is 6. The van der Waals surface area contributed by atoms with Crippen LogP contribution in [-0.4, -0.2) is 8.42 Å². The molecule has 3 aromatic carbocycles. The zero-order chi connectivity index (χ0) is 19.4. The minimum Gasteiger partial charge on any atom is -0.212 e. The van der Waals surface area contributed by atoms with E-state index in [0.717, 1.165) is 16.7 Å². The molecular formula is C21H19Cl2NO2S. The van der Waals surface area contributed by atoms with Crippen molar-refractivity contribution in [1.29, 1.82) is 0 Å². The molecular weight excluding hydrogens is 401 g/mol. The molecule has 3 rings (SSSR count). The van der Waals surface area contributed by atoms with Crippen molar-refractivity contribution in [2.45, 2.75) is 18.7 Å². The lowest BCUT2D eigenvalue weighted by Crippen LogP contribution is -2.31. The van der Waals surface area contributed by atoms with Crippen molar-refractivity contribution in [3.63, 3.8) is 0 Å². The van der Waals surface area contributed by atoms with Crippen LogP contribution in [-0.2, 0) is 15.8 Å². The maximum absolute atomic E-state index is 12.9. The summed E-state index contributed by atoms with van der Waals surface area (Å²) in [7, 11) is -3.66. The van der Waals surface area contributed by atoms with Crippen LogP contribution < -0.4 is 4.72 Å². The Morgan fingerprint density at radius 1 is 0.926 bits per heavy atom. The number of aryl methyl sites for hydroxylation is 1. The van der Waals surface area contributed by atoms with E-state index in [4.69, 9.17) is 23.2 Å². The van der Waals surface area contributed by atoms with Gasteiger partial charge in [-0.2, -0.15) is 0 Å². The molecule has 3 nitrogen and oxygen atoms in total. The van der Waals surface area contributed by atoms with Gasteiger partial charge in [0.05, 0.1) is 11.8 Å². The van der Waals surface area contributed by atoms with Crippen molar-refractivity contribution in [2.24, 2.45) is 0 Å². The first-order valence-electron chi connectivity index (χ1n) is 8.40. The number of nitrogens with one attached hydrogen (secondary N) is 1. The SMILES string of the molecule is Cc1ccccc1C(NS(=O)(=O)Cc1ccc(Cl)cc1Cl)c1ccccc1. The van der Waals surface area contributed by atoms with Crippen LogP contribution in [0, 0.1) is 6.92 Å². The first kappa shape index (κ1) is 19.9. The first-order chi connectivity index (χ1) is 12.9. The van der Waals surface area contributed by atoms with Crippen LogP contribution >= 0.6 is 23.2 Å². The first-order valence-corrected chi connectivity index (χ1v) is 10.8. The van der Waals surface area contributed by atoms with Gasteiger partial charge in [0.15, 0.2) is 0 Å². The lowest BCUT2D eigenvalue weighted by molar-refractivity contribution is 0.571. The van der Waals surface area contributed by atoms with Crippen LogP contribution in [0.25, 0.3) is 0 Å². The normalized spacial score (nSPS) is 12.7. The summed E-state index contributed by atoms with van der Waals surface area (Å²) in [4.78, 5) is 0. The standard InChI is InChI=1S/C21H19Cl2NO2S/c1-15-7-5-6-10-19(15)21(16-8-3-2-4-9-16)24-27(25,26)14-17-11-12-18(22)13-20(17)23/h2-13,21,24H,14H2,1H3. The molecule has 0 aliphatic carbocycles. The van der Waals surface area contributed by atoms with Gasteiger partial charge in [0.25, 0.3) is 0 Å². The van der Waals surface area contributed by atoms with E-state index in [9.17, 15) is 8.42 Å². The molecule has 0 radical (unpaired) electrons. The Morgan fingerprint density at radius 2 is 1.59 bits per heavy atom.